The van der Waals surface area contributed by atoms with Crippen molar-refractivity contribution in [1.29, 1.82) is 0 Å². The van der Waals surface area contributed by atoms with Crippen molar-refractivity contribution >= 4 is 17.9 Å². The van der Waals surface area contributed by atoms with Crippen LogP contribution in [0.3, 0.4) is 0 Å². The van der Waals surface area contributed by atoms with Gasteiger partial charge in [-0.25, -0.2) is 4.79 Å². The van der Waals surface area contributed by atoms with E-state index in [0.717, 1.165) is 12.8 Å². The van der Waals surface area contributed by atoms with Gasteiger partial charge in [-0.2, -0.15) is 0 Å². The van der Waals surface area contributed by atoms with Gasteiger partial charge >= 0.3 is 12.0 Å². The third-order valence-electron chi connectivity index (χ3n) is 2.49. The van der Waals surface area contributed by atoms with Crippen LogP contribution >= 0.6 is 0 Å². The van der Waals surface area contributed by atoms with Gasteiger partial charge in [-0.05, 0) is 20.4 Å². The molecule has 0 saturated carbocycles. The normalized spacial score (nSPS) is 10.2. The number of imide groups is 1. The molecule has 0 saturated heterocycles. The van der Waals surface area contributed by atoms with Gasteiger partial charge < -0.3 is 10.1 Å². The highest BCUT2D eigenvalue weighted by atomic mass is 16.5. The van der Waals surface area contributed by atoms with E-state index >= 15 is 0 Å². The lowest BCUT2D eigenvalue weighted by Crippen LogP contribution is -2.44. The molecule has 20 heavy (non-hydrogen) atoms. The summed E-state index contributed by atoms with van der Waals surface area (Å²) in [5, 5.41) is 4.83. The van der Waals surface area contributed by atoms with Crippen molar-refractivity contribution in [3.8, 4) is 0 Å². The van der Waals surface area contributed by atoms with Crippen LogP contribution in [0.4, 0.5) is 4.79 Å². The molecule has 0 bridgehead atoms. The molecule has 0 atom stereocenters. The summed E-state index contributed by atoms with van der Waals surface area (Å²) < 4.78 is 4.79. The summed E-state index contributed by atoms with van der Waals surface area (Å²) in [5.41, 5.74) is 0. The first-order valence-electron chi connectivity index (χ1n) is 6.91. The monoisotopic (exact) mass is 287 g/mol. The van der Waals surface area contributed by atoms with Crippen LogP contribution in [0.25, 0.3) is 0 Å². The maximum Gasteiger partial charge on any atom is 0.321 e. The van der Waals surface area contributed by atoms with Gasteiger partial charge in [0.15, 0.2) is 0 Å². The zero-order chi connectivity index (χ0) is 15.4. The molecule has 0 aliphatic heterocycles. The topological polar surface area (TPSA) is 87.7 Å². The zero-order valence-corrected chi connectivity index (χ0v) is 12.5. The van der Waals surface area contributed by atoms with Crippen LogP contribution in [0.15, 0.2) is 0 Å². The number of nitrogens with zero attached hydrogens (tertiary/aromatic N) is 1. The number of ether oxygens (including phenoxy) is 1. The molecule has 0 rings (SSSR count). The molecular weight excluding hydrogens is 262 g/mol. The van der Waals surface area contributed by atoms with E-state index in [9.17, 15) is 14.4 Å². The highest BCUT2D eigenvalue weighted by Gasteiger charge is 2.11. The van der Waals surface area contributed by atoms with E-state index in [0.29, 0.717) is 19.7 Å². The van der Waals surface area contributed by atoms with Crippen LogP contribution in [-0.4, -0.2) is 56.1 Å². The Morgan fingerprint density at radius 2 is 1.90 bits per heavy atom. The fraction of sp³-hybridized carbons (Fsp3) is 0.769. The lowest BCUT2D eigenvalue weighted by Gasteiger charge is -2.15. The Hall–Kier alpha value is -1.63. The predicted molar refractivity (Wildman–Crippen MR) is 75.2 cm³/mol. The van der Waals surface area contributed by atoms with Crippen LogP contribution in [0.1, 0.15) is 33.1 Å². The van der Waals surface area contributed by atoms with Gasteiger partial charge in [0.2, 0.25) is 5.91 Å². The van der Waals surface area contributed by atoms with Crippen LogP contribution in [0, 0.1) is 0 Å². The Balaban J connectivity index is 3.78. The minimum atomic E-state index is -0.484. The number of unbranched alkanes of at least 4 members (excludes halogenated alkanes) is 1. The average molecular weight is 287 g/mol. The summed E-state index contributed by atoms with van der Waals surface area (Å²) in [7, 11) is 1.70. The van der Waals surface area contributed by atoms with E-state index in [4.69, 9.17) is 4.74 Å². The summed E-state index contributed by atoms with van der Waals surface area (Å²) >= 11 is 0. The van der Waals surface area contributed by atoms with Crippen molar-refractivity contribution < 1.29 is 19.1 Å². The Labute approximate surface area is 120 Å². The lowest BCUT2D eigenvalue weighted by atomic mass is 10.3. The maximum absolute atomic E-state index is 11.5. The summed E-state index contributed by atoms with van der Waals surface area (Å²) in [6, 6.07) is -0.484. The van der Waals surface area contributed by atoms with E-state index in [2.05, 4.69) is 10.6 Å². The number of hydrogen-bond donors (Lipinski definition) is 2. The summed E-state index contributed by atoms with van der Waals surface area (Å²) in [4.78, 5) is 35.7. The number of nitrogens with one attached hydrogen (secondary N) is 2. The van der Waals surface area contributed by atoms with Crippen molar-refractivity contribution in [3.63, 3.8) is 0 Å². The van der Waals surface area contributed by atoms with Gasteiger partial charge in [-0.3, -0.25) is 19.8 Å². The smallest absolute Gasteiger partial charge is 0.321 e. The largest absolute Gasteiger partial charge is 0.466 e. The molecule has 2 N–H and O–H groups in total. The summed E-state index contributed by atoms with van der Waals surface area (Å²) in [6.45, 7) is 5.12. The molecule has 0 aliphatic rings. The van der Waals surface area contributed by atoms with E-state index in [1.54, 1.807) is 18.9 Å². The molecule has 0 spiro atoms. The second-order valence-corrected chi connectivity index (χ2v) is 4.45. The van der Waals surface area contributed by atoms with Gasteiger partial charge in [-0.1, -0.05) is 13.3 Å². The number of amides is 3. The van der Waals surface area contributed by atoms with Crippen molar-refractivity contribution in [1.82, 2.24) is 15.5 Å². The van der Waals surface area contributed by atoms with Crippen molar-refractivity contribution in [2.75, 3.05) is 33.3 Å². The van der Waals surface area contributed by atoms with Gasteiger partial charge in [0.05, 0.1) is 19.6 Å². The van der Waals surface area contributed by atoms with Crippen molar-refractivity contribution in [2.45, 2.75) is 33.1 Å². The van der Waals surface area contributed by atoms with E-state index < -0.39 is 11.9 Å². The van der Waals surface area contributed by atoms with Gasteiger partial charge in [0.1, 0.15) is 0 Å². The number of urea groups is 1. The molecule has 0 unspecified atom stereocenters. The van der Waals surface area contributed by atoms with Crippen molar-refractivity contribution in [3.05, 3.63) is 0 Å². The molecule has 0 fully saturated rings. The second kappa shape index (κ2) is 11.2. The molecule has 0 aromatic rings. The number of esters is 1. The maximum atomic E-state index is 11.5. The third-order valence-corrected chi connectivity index (χ3v) is 2.49. The zero-order valence-electron chi connectivity index (χ0n) is 12.5. The highest BCUT2D eigenvalue weighted by Crippen LogP contribution is 1.91. The Bertz CT molecular complexity index is 321. The van der Waals surface area contributed by atoms with E-state index in [1.807, 2.05) is 6.92 Å². The number of hydrogen-bond acceptors (Lipinski definition) is 5. The van der Waals surface area contributed by atoms with Gasteiger partial charge in [0, 0.05) is 13.1 Å². The SMILES string of the molecule is CCCCNC(=O)NC(=O)CN(C)CCC(=O)OCC. The van der Waals surface area contributed by atoms with Crippen LogP contribution in [0.2, 0.25) is 0 Å². The minimum Gasteiger partial charge on any atom is -0.466 e. The number of carbonyl (C=O) groups excluding carboxylic acids is 3. The van der Waals surface area contributed by atoms with E-state index in [-0.39, 0.29) is 18.9 Å². The van der Waals surface area contributed by atoms with Crippen LogP contribution < -0.4 is 10.6 Å². The first-order chi connectivity index (χ1) is 9.49. The van der Waals surface area contributed by atoms with Crippen LogP contribution in [0.5, 0.6) is 0 Å². The quantitative estimate of drug-likeness (QED) is 0.476. The molecular formula is C13H25N3O4. The molecule has 0 radical (unpaired) electrons. The predicted octanol–water partition coefficient (Wildman–Crippen LogP) is 0.497. The molecule has 0 aliphatic carbocycles. The summed E-state index contributed by atoms with van der Waals surface area (Å²) in [6.07, 6.45) is 2.08. The Morgan fingerprint density at radius 3 is 2.50 bits per heavy atom. The minimum absolute atomic E-state index is 0.0562. The molecule has 3 amide bonds. The van der Waals surface area contributed by atoms with Gasteiger partial charge in [0.25, 0.3) is 0 Å². The fourth-order valence-electron chi connectivity index (χ4n) is 1.43. The Morgan fingerprint density at radius 1 is 1.20 bits per heavy atom. The highest BCUT2D eigenvalue weighted by molar-refractivity contribution is 5.95. The molecule has 7 nitrogen and oxygen atoms in total. The average Bonchev–Trinajstić information content (AvgIpc) is 2.36. The third kappa shape index (κ3) is 10.3. The first-order valence-corrected chi connectivity index (χ1v) is 6.91. The molecule has 0 aromatic heterocycles. The standard InChI is InChI=1S/C13H25N3O4/c1-4-6-8-14-13(19)15-11(17)10-16(3)9-7-12(18)20-5-2/h4-10H2,1-3H3,(H2,14,15,17,19). The fourth-order valence-corrected chi connectivity index (χ4v) is 1.43. The molecule has 0 aromatic carbocycles. The molecule has 7 heteroatoms. The van der Waals surface area contributed by atoms with Crippen LogP contribution in [-0.2, 0) is 14.3 Å². The number of rotatable bonds is 9. The van der Waals surface area contributed by atoms with Crippen molar-refractivity contribution in [2.24, 2.45) is 0 Å². The summed E-state index contributed by atoms with van der Waals surface area (Å²) in [5.74, 6) is -0.692. The number of likely N-dealkylation sites (N-methyl/N-ethyl adjacent to an activating group) is 1. The molecule has 0 heterocycles. The lowest BCUT2D eigenvalue weighted by molar-refractivity contribution is -0.143. The van der Waals surface area contributed by atoms with E-state index in [1.165, 1.54) is 0 Å². The first kappa shape index (κ1) is 18.4. The molecule has 116 valence electrons. The number of carbonyl (C=O) groups is 3. The Kier molecular flexibility index (Phi) is 10.3. The van der Waals surface area contributed by atoms with Gasteiger partial charge in [-0.15, -0.1) is 0 Å². The second-order valence-electron chi connectivity index (χ2n) is 4.45.